The molecule has 0 fully saturated rings. The van der Waals surface area contributed by atoms with E-state index >= 15 is 0 Å². The predicted octanol–water partition coefficient (Wildman–Crippen LogP) is 1.16. The molecule has 1 aromatic carbocycles. The van der Waals surface area contributed by atoms with Crippen LogP contribution in [0.4, 0.5) is 0 Å². The fourth-order valence-corrected chi connectivity index (χ4v) is 1.38. The van der Waals surface area contributed by atoms with Gasteiger partial charge in [0, 0.05) is 86.1 Å². The van der Waals surface area contributed by atoms with Gasteiger partial charge in [0.15, 0.2) is 0 Å². The van der Waals surface area contributed by atoms with Gasteiger partial charge in [0.2, 0.25) is 0 Å². The zero-order valence-corrected chi connectivity index (χ0v) is 17.0. The number of aliphatic hydroxyl groups is 2. The number of ether oxygens (including phenoxy) is 4. The van der Waals surface area contributed by atoms with Crippen LogP contribution in [0.1, 0.15) is 11.1 Å². The normalized spacial score (nSPS) is 8.00. The van der Waals surface area contributed by atoms with E-state index in [-0.39, 0.29) is 43.4 Å². The topological polar surface area (TPSA) is 77.4 Å². The SMILES string of the molecule is CO.CO.CO[C-](OC)c1ccc([C-](OC)OC)cc1.[Ti].[Ti]. The molecule has 1 aromatic rings. The van der Waals surface area contributed by atoms with E-state index in [0.717, 1.165) is 25.3 Å². The Morgan fingerprint density at radius 1 is 0.591 bits per heavy atom. The third kappa shape index (κ3) is 10.8. The van der Waals surface area contributed by atoms with Crippen LogP contribution in [0.2, 0.25) is 0 Å². The van der Waals surface area contributed by atoms with Gasteiger partial charge in [-0.1, -0.05) is 0 Å². The monoisotopic (exact) mass is 384 g/mol. The average Bonchev–Trinajstić information content (AvgIpc) is 2.55. The number of aliphatic hydroxyl groups excluding tert-OH is 2. The Bertz CT molecular complexity index is 272. The second-order valence-electron chi connectivity index (χ2n) is 2.97. The molecule has 0 aliphatic carbocycles. The minimum Gasteiger partial charge on any atom is -0.400 e. The zero-order chi connectivity index (χ0) is 16.0. The minimum absolute atomic E-state index is 0. The van der Waals surface area contributed by atoms with Gasteiger partial charge in [-0.2, -0.15) is 11.1 Å². The summed E-state index contributed by atoms with van der Waals surface area (Å²) in [6.45, 7) is 0. The number of benzene rings is 1. The molecule has 0 saturated carbocycles. The van der Waals surface area contributed by atoms with Gasteiger partial charge in [-0.05, 0) is 0 Å². The van der Waals surface area contributed by atoms with E-state index in [1.54, 1.807) is 28.4 Å². The number of methoxy groups -OCH3 is 4. The van der Waals surface area contributed by atoms with Crippen molar-refractivity contribution in [1.29, 1.82) is 0 Å². The summed E-state index contributed by atoms with van der Waals surface area (Å²) in [7, 11) is 8.26. The molecule has 0 heterocycles. The van der Waals surface area contributed by atoms with Gasteiger partial charge in [-0.3, -0.25) is 0 Å². The van der Waals surface area contributed by atoms with Gasteiger partial charge in [0.25, 0.3) is 0 Å². The van der Waals surface area contributed by atoms with Crippen molar-refractivity contribution in [2.75, 3.05) is 42.7 Å². The maximum absolute atomic E-state index is 7.00. The second-order valence-corrected chi connectivity index (χ2v) is 2.97. The van der Waals surface area contributed by atoms with Crippen molar-refractivity contribution >= 4 is 0 Å². The summed E-state index contributed by atoms with van der Waals surface area (Å²) in [5.41, 5.74) is 1.72. The Morgan fingerprint density at radius 2 is 0.773 bits per heavy atom. The Morgan fingerprint density at radius 3 is 0.909 bits per heavy atom. The van der Waals surface area contributed by atoms with Crippen molar-refractivity contribution in [3.8, 4) is 0 Å². The summed E-state index contributed by atoms with van der Waals surface area (Å²) in [5, 5.41) is 14.0. The van der Waals surface area contributed by atoms with E-state index in [1.165, 1.54) is 0 Å². The van der Waals surface area contributed by atoms with Gasteiger partial charge >= 0.3 is 0 Å². The van der Waals surface area contributed by atoms with Gasteiger partial charge in [0.1, 0.15) is 0 Å². The number of hydrogen-bond donors (Lipinski definition) is 2. The predicted molar refractivity (Wildman–Crippen MR) is 75.5 cm³/mol. The first-order valence-electron chi connectivity index (χ1n) is 5.67. The van der Waals surface area contributed by atoms with Crippen molar-refractivity contribution < 1.29 is 72.6 Å². The smallest absolute Gasteiger partial charge is 0.0708 e. The van der Waals surface area contributed by atoms with Crippen LogP contribution in [0, 0.1) is 12.6 Å². The molecule has 0 amide bonds. The van der Waals surface area contributed by atoms with Gasteiger partial charge in [0.05, 0.1) is 12.6 Å². The zero-order valence-electron chi connectivity index (χ0n) is 13.8. The summed E-state index contributed by atoms with van der Waals surface area (Å²) in [5.74, 6) is 0. The van der Waals surface area contributed by atoms with Crippen LogP contribution in [0.25, 0.3) is 0 Å². The second kappa shape index (κ2) is 21.1. The summed E-state index contributed by atoms with van der Waals surface area (Å²) in [4.78, 5) is 0. The van der Waals surface area contributed by atoms with E-state index in [1.807, 2.05) is 24.3 Å². The Balaban J connectivity index is -0.000000249. The Labute approximate surface area is 162 Å². The number of rotatable bonds is 6. The van der Waals surface area contributed by atoms with Crippen molar-refractivity contribution in [2.24, 2.45) is 0 Å². The van der Waals surface area contributed by atoms with Gasteiger partial charge in [-0.25, -0.2) is 24.3 Å². The largest absolute Gasteiger partial charge is 0.400 e. The molecule has 22 heavy (non-hydrogen) atoms. The maximum Gasteiger partial charge on any atom is 0.0708 e. The molecule has 0 aliphatic heterocycles. The third-order valence-electron chi connectivity index (χ3n) is 2.10. The third-order valence-corrected chi connectivity index (χ3v) is 2.10. The number of hydrogen-bond acceptors (Lipinski definition) is 6. The fraction of sp³-hybridized carbons (Fsp3) is 0.429. The van der Waals surface area contributed by atoms with E-state index < -0.39 is 0 Å². The summed E-state index contributed by atoms with van der Waals surface area (Å²) >= 11 is 0. The van der Waals surface area contributed by atoms with Crippen LogP contribution in [0.15, 0.2) is 24.3 Å². The maximum atomic E-state index is 7.00. The summed E-state index contributed by atoms with van der Waals surface area (Å²) in [6, 6.07) is 7.48. The molecule has 0 radical (unpaired) electrons. The van der Waals surface area contributed by atoms with Crippen LogP contribution in [0.3, 0.4) is 0 Å². The van der Waals surface area contributed by atoms with Crippen LogP contribution >= 0.6 is 0 Å². The molecular formula is C14H24O6Ti2-2. The van der Waals surface area contributed by atoms with E-state index in [2.05, 4.69) is 0 Å². The van der Waals surface area contributed by atoms with E-state index in [9.17, 15) is 0 Å². The van der Waals surface area contributed by atoms with Crippen LogP contribution in [-0.4, -0.2) is 52.9 Å². The van der Waals surface area contributed by atoms with Crippen LogP contribution in [0.5, 0.6) is 0 Å². The Hall–Kier alpha value is 0.149. The molecule has 0 bridgehead atoms. The molecule has 0 unspecified atom stereocenters. The van der Waals surface area contributed by atoms with Gasteiger partial charge < -0.3 is 29.2 Å². The van der Waals surface area contributed by atoms with Crippen molar-refractivity contribution in [1.82, 2.24) is 0 Å². The van der Waals surface area contributed by atoms with E-state index in [0.29, 0.717) is 12.6 Å². The quantitative estimate of drug-likeness (QED) is 0.567. The van der Waals surface area contributed by atoms with Crippen LogP contribution in [-0.2, 0) is 62.4 Å². The minimum atomic E-state index is 0. The molecule has 0 aliphatic rings. The first-order valence-corrected chi connectivity index (χ1v) is 5.67. The average molecular weight is 384 g/mol. The fourth-order valence-electron chi connectivity index (χ4n) is 1.38. The molecular weight excluding hydrogens is 360 g/mol. The first kappa shape index (κ1) is 30.1. The molecule has 1 rings (SSSR count). The molecule has 0 atom stereocenters. The summed E-state index contributed by atoms with van der Waals surface area (Å²) in [6.07, 6.45) is 0.950. The molecule has 126 valence electrons. The molecule has 8 heteroatoms. The summed E-state index contributed by atoms with van der Waals surface area (Å²) < 4.78 is 20.3. The van der Waals surface area contributed by atoms with Gasteiger partial charge in [-0.15, -0.1) is 0 Å². The molecule has 0 spiro atoms. The first-order chi connectivity index (χ1) is 9.76. The van der Waals surface area contributed by atoms with Crippen molar-refractivity contribution in [2.45, 2.75) is 0 Å². The molecule has 0 aromatic heterocycles. The standard InChI is InChI=1S/C12H16O4.2CH4O.2Ti/c1-13-11(14-2)9-5-7-10(8-6-9)12(15-3)16-4;2*1-2;;/h5-8H,1-4H3;2*2H,1H3;;/q-2;;;;. The van der Waals surface area contributed by atoms with E-state index in [4.69, 9.17) is 29.2 Å². The molecule has 0 saturated heterocycles. The Kier molecular flexibility index (Phi) is 28.9. The van der Waals surface area contributed by atoms with Crippen molar-refractivity contribution in [3.05, 3.63) is 48.0 Å². The molecule has 6 nitrogen and oxygen atoms in total. The van der Waals surface area contributed by atoms with Crippen molar-refractivity contribution in [3.63, 3.8) is 0 Å². The molecule has 2 N–H and O–H groups in total. The van der Waals surface area contributed by atoms with Crippen LogP contribution < -0.4 is 0 Å².